The van der Waals surface area contributed by atoms with E-state index in [1.807, 2.05) is 0 Å². The average molecular weight is 425 g/mol. The molecule has 0 spiro atoms. The van der Waals surface area contributed by atoms with Crippen molar-refractivity contribution in [1.82, 2.24) is 14.8 Å². The first kappa shape index (κ1) is 18.4. The number of H-pyrrole nitrogens is 1. The Hall–Kier alpha value is -1.32. The molecule has 4 bridgehead atoms. The van der Waals surface area contributed by atoms with Crippen molar-refractivity contribution in [3.05, 3.63) is 27.0 Å². The van der Waals surface area contributed by atoms with Crippen LogP contribution in [0.25, 0.3) is 0 Å². The fourth-order valence-electron chi connectivity index (χ4n) is 6.80. The Bertz CT molecular complexity index is 970. The molecular weight excluding hydrogens is 401 g/mol. The van der Waals surface area contributed by atoms with E-state index in [0.29, 0.717) is 17.8 Å². The lowest BCUT2D eigenvalue weighted by atomic mass is 9.56. The highest BCUT2D eigenvalue weighted by Gasteiger charge is 2.68. The van der Waals surface area contributed by atoms with Crippen molar-refractivity contribution >= 4 is 7.60 Å². The third-order valence-electron chi connectivity index (χ3n) is 7.55. The van der Waals surface area contributed by atoms with Gasteiger partial charge in [-0.2, -0.15) is 9.78 Å². The summed E-state index contributed by atoms with van der Waals surface area (Å²) in [7, 11) is -3.49. The number of hydrogen-bond acceptors (Lipinski definition) is 8. The molecule has 6 aliphatic rings. The minimum Gasteiger partial charge on any atom is -0.394 e. The summed E-state index contributed by atoms with van der Waals surface area (Å²) in [5, 5.41) is 13.2. The van der Waals surface area contributed by atoms with Gasteiger partial charge in [-0.05, 0) is 56.3 Å². The number of rotatable bonds is 3. The highest BCUT2D eigenvalue weighted by Crippen LogP contribution is 2.77. The smallest absolute Gasteiger partial charge is 0.347 e. The normalized spacial score (nSPS) is 50.2. The van der Waals surface area contributed by atoms with E-state index in [2.05, 4.69) is 10.1 Å². The van der Waals surface area contributed by atoms with Gasteiger partial charge in [0.25, 0.3) is 5.56 Å². The zero-order valence-electron chi connectivity index (χ0n) is 15.8. The van der Waals surface area contributed by atoms with E-state index in [1.165, 1.54) is 19.3 Å². The van der Waals surface area contributed by atoms with Gasteiger partial charge < -0.3 is 9.84 Å². The van der Waals surface area contributed by atoms with Gasteiger partial charge in [-0.3, -0.25) is 23.4 Å². The number of ether oxygens (including phenoxy) is 1. The largest absolute Gasteiger partial charge is 0.394 e. The zero-order chi connectivity index (χ0) is 20.0. The van der Waals surface area contributed by atoms with Crippen molar-refractivity contribution < 1.29 is 23.5 Å². The van der Waals surface area contributed by atoms with E-state index >= 15 is 0 Å². The van der Waals surface area contributed by atoms with E-state index in [0.717, 1.165) is 30.1 Å². The Kier molecular flexibility index (Phi) is 3.88. The minimum absolute atomic E-state index is 0.361. The summed E-state index contributed by atoms with van der Waals surface area (Å²) in [5.74, 6) is 1.72. The first-order valence-corrected chi connectivity index (χ1v) is 11.9. The van der Waals surface area contributed by atoms with Crippen LogP contribution in [0.2, 0.25) is 0 Å². The van der Waals surface area contributed by atoms with Gasteiger partial charge in [0, 0.05) is 0 Å². The van der Waals surface area contributed by atoms with Crippen LogP contribution in [0.5, 0.6) is 0 Å². The van der Waals surface area contributed by atoms with Crippen LogP contribution in [0, 0.1) is 17.8 Å². The molecule has 0 radical (unpaired) electrons. The number of nitrogens with zero attached hydrogens (tertiary/aromatic N) is 2. The second kappa shape index (κ2) is 6.11. The second-order valence-electron chi connectivity index (χ2n) is 9.41. The molecular formula is C18H24N3O7P. The molecule has 11 heteroatoms. The third kappa shape index (κ3) is 2.56. The van der Waals surface area contributed by atoms with Crippen molar-refractivity contribution in [2.75, 3.05) is 6.61 Å². The fraction of sp³-hybridized carbons (Fsp3) is 0.833. The minimum atomic E-state index is -3.49. The molecule has 1 aromatic rings. The molecule has 3 heterocycles. The maximum absolute atomic E-state index is 14.1. The standard InChI is InChI=1S/C18H24N3O7P/c22-8-12-14-15(16(26-12)21-17(24)20-13(23)7-19-21)28-29(25,27-14)18-4-9-1-10(5-18)3-11(2-9)6-18/h7,9-12,14-16,22H,1-6,8H2,(H,20,23,24). The molecule has 2 saturated heterocycles. The van der Waals surface area contributed by atoms with Crippen LogP contribution in [0.3, 0.4) is 0 Å². The predicted molar refractivity (Wildman–Crippen MR) is 98.4 cm³/mol. The van der Waals surface area contributed by atoms with E-state index in [1.54, 1.807) is 0 Å². The van der Waals surface area contributed by atoms with Crippen LogP contribution in [0.4, 0.5) is 0 Å². The predicted octanol–water partition coefficient (Wildman–Crippen LogP) is 0.767. The van der Waals surface area contributed by atoms with Crippen LogP contribution in [0.1, 0.15) is 44.8 Å². The summed E-state index contributed by atoms with van der Waals surface area (Å²) in [5.41, 5.74) is -1.37. The van der Waals surface area contributed by atoms with Crippen LogP contribution in [0.15, 0.2) is 15.8 Å². The number of fused-ring (bicyclic) bond motifs is 1. The number of aliphatic hydroxyl groups is 1. The van der Waals surface area contributed by atoms with Gasteiger partial charge >= 0.3 is 13.3 Å². The molecule has 5 unspecified atom stereocenters. The highest BCUT2D eigenvalue weighted by atomic mass is 31.2. The van der Waals surface area contributed by atoms with E-state index < -0.39 is 48.5 Å². The van der Waals surface area contributed by atoms with Crippen molar-refractivity contribution in [3.8, 4) is 0 Å². The fourth-order valence-corrected chi connectivity index (χ4v) is 9.87. The summed E-state index contributed by atoms with van der Waals surface area (Å²) >= 11 is 0. The van der Waals surface area contributed by atoms with Gasteiger partial charge in [0.2, 0.25) is 0 Å². The summed E-state index contributed by atoms with van der Waals surface area (Å²) in [6, 6.07) is 0. The maximum Gasteiger partial charge on any atom is 0.347 e. The van der Waals surface area contributed by atoms with E-state index in [-0.39, 0.29) is 6.61 Å². The molecule has 29 heavy (non-hydrogen) atoms. The molecule has 6 fully saturated rings. The maximum atomic E-state index is 14.1. The van der Waals surface area contributed by atoms with Crippen LogP contribution < -0.4 is 11.2 Å². The van der Waals surface area contributed by atoms with Crippen molar-refractivity contribution in [1.29, 1.82) is 0 Å². The number of aromatic amines is 1. The van der Waals surface area contributed by atoms with Crippen molar-refractivity contribution in [2.24, 2.45) is 17.8 Å². The summed E-state index contributed by atoms with van der Waals surface area (Å²) in [4.78, 5) is 25.7. The number of aromatic nitrogens is 3. The molecule has 0 amide bonds. The van der Waals surface area contributed by atoms with Crippen LogP contribution >= 0.6 is 7.60 Å². The highest BCUT2D eigenvalue weighted by molar-refractivity contribution is 7.56. The topological polar surface area (TPSA) is 133 Å². The first-order chi connectivity index (χ1) is 13.9. The molecule has 4 saturated carbocycles. The average Bonchev–Trinajstić information content (AvgIpc) is 3.16. The van der Waals surface area contributed by atoms with E-state index in [4.69, 9.17) is 13.8 Å². The molecule has 5 atom stereocenters. The molecule has 4 aliphatic carbocycles. The molecule has 158 valence electrons. The van der Waals surface area contributed by atoms with Gasteiger partial charge in [0.1, 0.15) is 24.5 Å². The second-order valence-corrected chi connectivity index (χ2v) is 11.8. The zero-order valence-corrected chi connectivity index (χ0v) is 16.7. The van der Waals surface area contributed by atoms with E-state index in [9.17, 15) is 19.3 Å². The lowest BCUT2D eigenvalue weighted by Crippen LogP contribution is -2.50. The molecule has 10 nitrogen and oxygen atoms in total. The van der Waals surface area contributed by atoms with Gasteiger partial charge in [0.05, 0.1) is 11.8 Å². The lowest BCUT2D eigenvalue weighted by Gasteiger charge is -2.57. The van der Waals surface area contributed by atoms with Crippen LogP contribution in [-0.2, 0) is 18.3 Å². The number of hydrogen-bond donors (Lipinski definition) is 2. The monoisotopic (exact) mass is 425 g/mol. The Labute approximate surface area is 166 Å². The van der Waals surface area contributed by atoms with Crippen molar-refractivity contribution in [2.45, 2.75) is 68.2 Å². The summed E-state index contributed by atoms with van der Waals surface area (Å²) < 4.78 is 33.1. The molecule has 7 rings (SSSR count). The number of nitrogens with one attached hydrogen (secondary N) is 1. The number of aliphatic hydroxyl groups excluding tert-OH is 1. The molecule has 2 N–H and O–H groups in total. The summed E-state index contributed by atoms with van der Waals surface area (Å²) in [6.07, 6.45) is 3.75. The van der Waals surface area contributed by atoms with Gasteiger partial charge in [-0.25, -0.2) is 4.79 Å². The Balaban J connectivity index is 1.36. The van der Waals surface area contributed by atoms with Gasteiger partial charge in [-0.15, -0.1) is 0 Å². The summed E-state index contributed by atoms with van der Waals surface area (Å²) in [6.45, 7) is -0.361. The first-order valence-electron chi connectivity index (χ1n) is 10.3. The van der Waals surface area contributed by atoms with Gasteiger partial charge in [-0.1, -0.05) is 0 Å². The SMILES string of the molecule is O=c1cnn(C2OC(CO)C3OP(=O)(C45CC6CC(CC(C6)C4)C5)OC32)c(=O)[nH]1. The van der Waals surface area contributed by atoms with Gasteiger partial charge in [0.15, 0.2) is 6.23 Å². The molecule has 2 aliphatic heterocycles. The lowest BCUT2D eigenvalue weighted by molar-refractivity contribution is -0.0690. The third-order valence-corrected chi connectivity index (χ3v) is 10.3. The Morgan fingerprint density at radius 3 is 2.34 bits per heavy atom. The quantitative estimate of drug-likeness (QED) is 0.679. The molecule has 0 aromatic carbocycles. The Morgan fingerprint density at radius 2 is 1.76 bits per heavy atom. The Morgan fingerprint density at radius 1 is 1.14 bits per heavy atom. The van der Waals surface area contributed by atoms with Crippen LogP contribution in [-0.4, -0.2) is 49.9 Å². The molecule has 1 aromatic heterocycles. The van der Waals surface area contributed by atoms with Crippen molar-refractivity contribution in [3.63, 3.8) is 0 Å².